The van der Waals surface area contributed by atoms with E-state index >= 15 is 0 Å². The lowest BCUT2D eigenvalue weighted by Gasteiger charge is -2.27. The van der Waals surface area contributed by atoms with Gasteiger partial charge in [-0.3, -0.25) is 4.99 Å². The molecule has 1 aromatic rings. The molecule has 0 saturated carbocycles. The lowest BCUT2D eigenvalue weighted by Crippen LogP contribution is -2.29. The molecule has 5 N–H and O–H groups in total. The van der Waals surface area contributed by atoms with Crippen LogP contribution in [-0.4, -0.2) is 19.0 Å². The molecule has 2 heterocycles. The van der Waals surface area contributed by atoms with Crippen LogP contribution in [-0.2, 0) is 17.5 Å². The number of benzene rings is 1. The van der Waals surface area contributed by atoms with E-state index in [9.17, 15) is 13.2 Å². The van der Waals surface area contributed by atoms with Crippen LogP contribution < -0.4 is 16.8 Å². The Morgan fingerprint density at radius 3 is 2.57 bits per heavy atom. The second-order valence-electron chi connectivity index (χ2n) is 7.58. The molecule has 30 heavy (non-hydrogen) atoms. The van der Waals surface area contributed by atoms with Gasteiger partial charge in [0, 0.05) is 30.7 Å². The molecule has 3 rings (SSSR count). The smallest absolute Gasteiger partial charge is 0.401 e. The quantitative estimate of drug-likeness (QED) is 0.509. The fourth-order valence-corrected chi connectivity index (χ4v) is 3.73. The van der Waals surface area contributed by atoms with Crippen LogP contribution in [0.5, 0.6) is 0 Å². The number of allylic oxidation sites excluding steroid dienone is 3. The highest BCUT2D eigenvalue weighted by Crippen LogP contribution is 2.33. The van der Waals surface area contributed by atoms with E-state index < -0.39 is 11.7 Å². The predicted molar refractivity (Wildman–Crippen MR) is 111 cm³/mol. The Balaban J connectivity index is 1.88. The molecule has 162 valence electrons. The van der Waals surface area contributed by atoms with Crippen LogP contribution >= 0.6 is 0 Å². The Kier molecular flexibility index (Phi) is 6.55. The molecule has 0 radical (unpaired) electrons. The largest absolute Gasteiger partial charge is 0.416 e. The molecule has 0 unspecified atom stereocenters. The van der Waals surface area contributed by atoms with Crippen LogP contribution in [0.25, 0.3) is 0 Å². The topological polar surface area (TPSA) is 85.7 Å². The van der Waals surface area contributed by atoms with Crippen LogP contribution in [0.3, 0.4) is 0 Å². The monoisotopic (exact) mass is 420 g/mol. The molecule has 0 atom stereocenters. The van der Waals surface area contributed by atoms with Crippen molar-refractivity contribution in [3.05, 3.63) is 69.7 Å². The number of ether oxygens (including phenoxy) is 1. The minimum Gasteiger partial charge on any atom is -0.401 e. The number of nitrogens with zero attached hydrogens (tertiary/aromatic N) is 1. The van der Waals surface area contributed by atoms with Crippen molar-refractivity contribution in [1.29, 1.82) is 0 Å². The normalized spacial score (nSPS) is 20.4. The third kappa shape index (κ3) is 4.87. The molecule has 5 nitrogen and oxygen atoms in total. The molecule has 8 heteroatoms. The van der Waals surface area contributed by atoms with E-state index in [0.717, 1.165) is 24.5 Å². The number of nitrogens with one attached hydrogen (secondary N) is 1. The molecule has 1 aromatic carbocycles. The van der Waals surface area contributed by atoms with E-state index in [-0.39, 0.29) is 17.9 Å². The van der Waals surface area contributed by atoms with E-state index in [1.807, 2.05) is 12.3 Å². The number of hydrogen-bond donors (Lipinski definition) is 3. The van der Waals surface area contributed by atoms with Crippen LogP contribution in [0.15, 0.2) is 58.0 Å². The fourth-order valence-electron chi connectivity index (χ4n) is 3.73. The minimum absolute atomic E-state index is 0.0478. The molecule has 0 amide bonds. The molecular weight excluding hydrogens is 393 g/mol. The Labute approximate surface area is 174 Å². The first-order valence-electron chi connectivity index (χ1n) is 9.87. The van der Waals surface area contributed by atoms with Gasteiger partial charge in [-0.2, -0.15) is 13.2 Å². The lowest BCUT2D eigenvalue weighted by atomic mass is 9.88. The van der Waals surface area contributed by atoms with E-state index in [2.05, 4.69) is 10.3 Å². The summed E-state index contributed by atoms with van der Waals surface area (Å²) in [5.41, 5.74) is 15.2. The van der Waals surface area contributed by atoms with Gasteiger partial charge in [-0.05, 0) is 61.4 Å². The van der Waals surface area contributed by atoms with Crippen molar-refractivity contribution >= 4 is 5.84 Å². The third-order valence-electron chi connectivity index (χ3n) is 5.50. The number of hydrogen-bond acceptors (Lipinski definition) is 4. The van der Waals surface area contributed by atoms with E-state index in [1.54, 1.807) is 13.0 Å². The van der Waals surface area contributed by atoms with Gasteiger partial charge in [0.1, 0.15) is 5.84 Å². The van der Waals surface area contributed by atoms with Crippen molar-refractivity contribution in [2.24, 2.45) is 22.4 Å². The van der Waals surface area contributed by atoms with Gasteiger partial charge in [-0.25, -0.2) is 0 Å². The van der Waals surface area contributed by atoms with E-state index in [1.165, 1.54) is 13.0 Å². The van der Waals surface area contributed by atoms with Crippen molar-refractivity contribution in [2.75, 3.05) is 13.2 Å². The van der Waals surface area contributed by atoms with E-state index in [4.69, 9.17) is 16.2 Å². The molecule has 2 aliphatic heterocycles. The van der Waals surface area contributed by atoms with Gasteiger partial charge in [0.25, 0.3) is 0 Å². The van der Waals surface area contributed by atoms with Gasteiger partial charge in [0.15, 0.2) is 0 Å². The Morgan fingerprint density at radius 1 is 1.23 bits per heavy atom. The van der Waals surface area contributed by atoms with Gasteiger partial charge in [-0.15, -0.1) is 0 Å². The second-order valence-corrected chi connectivity index (χ2v) is 7.58. The number of dihydropyridines is 1. The van der Waals surface area contributed by atoms with Crippen LogP contribution in [0.4, 0.5) is 13.2 Å². The highest BCUT2D eigenvalue weighted by molar-refractivity contribution is 6.01. The maximum atomic E-state index is 13.2. The number of halogens is 3. The van der Waals surface area contributed by atoms with Crippen LogP contribution in [0, 0.1) is 12.8 Å². The van der Waals surface area contributed by atoms with E-state index in [0.29, 0.717) is 41.7 Å². The molecule has 0 aromatic heterocycles. The zero-order valence-electron chi connectivity index (χ0n) is 17.1. The van der Waals surface area contributed by atoms with Gasteiger partial charge in [-0.1, -0.05) is 12.1 Å². The molecule has 0 aliphatic carbocycles. The molecular formula is C22H27F3N4O. The summed E-state index contributed by atoms with van der Waals surface area (Å²) in [5.74, 6) is 0.580. The molecule has 2 aliphatic rings. The number of rotatable bonds is 4. The molecule has 1 saturated heterocycles. The van der Waals surface area contributed by atoms with Crippen molar-refractivity contribution in [3.8, 4) is 0 Å². The second kappa shape index (κ2) is 8.95. The maximum absolute atomic E-state index is 13.2. The molecule has 0 spiro atoms. The standard InChI is InChI=1S/C22H27F3N4O/c1-13-16(4-3-5-19(13)22(23,24)25)11-29-21(27)18-10-17(12-28-20(18)14(2)26)15-6-8-30-9-7-15/h3-5,10,12,15,28H,6-9,11,26H2,1-2H3,(H2,27,29)/b20-14+. The maximum Gasteiger partial charge on any atom is 0.416 e. The third-order valence-corrected chi connectivity index (χ3v) is 5.50. The first-order chi connectivity index (χ1) is 14.2. The number of alkyl halides is 3. The van der Waals surface area contributed by atoms with Crippen molar-refractivity contribution < 1.29 is 17.9 Å². The molecule has 0 bridgehead atoms. The predicted octanol–water partition coefficient (Wildman–Crippen LogP) is 3.90. The first-order valence-corrected chi connectivity index (χ1v) is 9.87. The van der Waals surface area contributed by atoms with Crippen LogP contribution in [0.2, 0.25) is 0 Å². The van der Waals surface area contributed by atoms with Crippen molar-refractivity contribution in [2.45, 2.75) is 39.4 Å². The highest BCUT2D eigenvalue weighted by atomic mass is 19.4. The van der Waals surface area contributed by atoms with Crippen LogP contribution in [0.1, 0.15) is 36.5 Å². The number of amidine groups is 1. The summed E-state index contributed by atoms with van der Waals surface area (Å²) in [4.78, 5) is 4.39. The summed E-state index contributed by atoms with van der Waals surface area (Å²) in [5, 5.41) is 3.21. The summed E-state index contributed by atoms with van der Waals surface area (Å²) in [7, 11) is 0. The zero-order chi connectivity index (χ0) is 21.9. The minimum atomic E-state index is -4.40. The number of nitrogens with two attached hydrogens (primary N) is 2. The van der Waals surface area contributed by atoms with Gasteiger partial charge in [0.2, 0.25) is 0 Å². The van der Waals surface area contributed by atoms with Gasteiger partial charge < -0.3 is 21.5 Å². The summed E-state index contributed by atoms with van der Waals surface area (Å²) < 4.78 is 44.9. The SMILES string of the molecule is C/C(N)=C1\NC=C(C2CCOCC2)C=C1C(N)=NCc1cccc(C(F)(F)F)c1C. The van der Waals surface area contributed by atoms with Crippen molar-refractivity contribution in [1.82, 2.24) is 5.32 Å². The summed E-state index contributed by atoms with van der Waals surface area (Å²) in [6, 6.07) is 4.09. The lowest BCUT2D eigenvalue weighted by molar-refractivity contribution is -0.138. The Morgan fingerprint density at radius 2 is 1.93 bits per heavy atom. The summed E-state index contributed by atoms with van der Waals surface area (Å²) in [6.45, 7) is 4.68. The Hall–Kier alpha value is -2.74. The van der Waals surface area contributed by atoms with Gasteiger partial charge in [0.05, 0.1) is 17.8 Å². The summed E-state index contributed by atoms with van der Waals surface area (Å²) in [6.07, 6.45) is 1.32. The average molecular weight is 420 g/mol. The first kappa shape index (κ1) is 22.0. The highest BCUT2D eigenvalue weighted by Gasteiger charge is 2.32. The molecule has 1 fully saturated rings. The fraction of sp³-hybridized carbons (Fsp3) is 0.409. The average Bonchev–Trinajstić information content (AvgIpc) is 2.72. The number of aliphatic imine (C=N–C) groups is 1. The van der Waals surface area contributed by atoms with Gasteiger partial charge >= 0.3 is 6.18 Å². The Bertz CT molecular complexity index is 919. The zero-order valence-corrected chi connectivity index (χ0v) is 17.1. The van der Waals surface area contributed by atoms with Crippen molar-refractivity contribution in [3.63, 3.8) is 0 Å². The summed E-state index contributed by atoms with van der Waals surface area (Å²) >= 11 is 0.